The number of carbonyl (C=O) groups is 3. The van der Waals surface area contributed by atoms with Crippen molar-refractivity contribution in [2.45, 2.75) is 31.9 Å². The molecule has 0 aromatic heterocycles. The van der Waals surface area contributed by atoms with Crippen molar-refractivity contribution in [3.8, 4) is 0 Å². The SMILES string of the molecule is O=C(CN1C(=O)SC(=Cc2ccc(C(F)(F)F)cc2)C1=O)N1CCCCCC1. The van der Waals surface area contributed by atoms with Crippen LogP contribution in [-0.4, -0.2) is 46.5 Å². The third kappa shape index (κ3) is 4.76. The first-order chi connectivity index (χ1) is 13.3. The van der Waals surface area contributed by atoms with Crippen molar-refractivity contribution in [1.29, 1.82) is 0 Å². The predicted molar refractivity (Wildman–Crippen MR) is 99.2 cm³/mol. The molecule has 0 atom stereocenters. The van der Waals surface area contributed by atoms with E-state index in [0.29, 0.717) is 30.4 Å². The third-order valence-electron chi connectivity index (χ3n) is 4.66. The van der Waals surface area contributed by atoms with E-state index in [9.17, 15) is 27.6 Å². The highest BCUT2D eigenvalue weighted by Crippen LogP contribution is 2.33. The minimum atomic E-state index is -4.44. The van der Waals surface area contributed by atoms with Gasteiger partial charge in [0.2, 0.25) is 5.91 Å². The molecular formula is C19H19F3N2O3S. The monoisotopic (exact) mass is 412 g/mol. The lowest BCUT2D eigenvalue weighted by molar-refractivity contribution is -0.137. The summed E-state index contributed by atoms with van der Waals surface area (Å²) in [6.07, 6.45) is 0.844. The second-order valence-corrected chi connectivity index (χ2v) is 7.68. The number of benzene rings is 1. The van der Waals surface area contributed by atoms with Gasteiger partial charge in [-0.25, -0.2) is 0 Å². The van der Waals surface area contributed by atoms with Crippen molar-refractivity contribution in [3.05, 3.63) is 40.3 Å². The van der Waals surface area contributed by atoms with Gasteiger partial charge in [0, 0.05) is 13.1 Å². The smallest absolute Gasteiger partial charge is 0.341 e. The average molecular weight is 412 g/mol. The highest BCUT2D eigenvalue weighted by molar-refractivity contribution is 8.18. The normalized spacial score (nSPS) is 20.0. The van der Waals surface area contributed by atoms with Gasteiger partial charge in [-0.15, -0.1) is 0 Å². The third-order valence-corrected chi connectivity index (χ3v) is 5.57. The molecule has 0 saturated carbocycles. The number of rotatable bonds is 3. The molecule has 2 aliphatic rings. The van der Waals surface area contributed by atoms with E-state index in [2.05, 4.69) is 0 Å². The van der Waals surface area contributed by atoms with Gasteiger partial charge in [-0.1, -0.05) is 25.0 Å². The number of hydrogen-bond donors (Lipinski definition) is 0. The minimum absolute atomic E-state index is 0.0911. The van der Waals surface area contributed by atoms with E-state index in [0.717, 1.165) is 42.7 Å². The van der Waals surface area contributed by atoms with Gasteiger partial charge in [0.25, 0.3) is 11.1 Å². The Morgan fingerprint density at radius 3 is 2.21 bits per heavy atom. The van der Waals surface area contributed by atoms with Crippen LogP contribution in [0.25, 0.3) is 6.08 Å². The van der Waals surface area contributed by atoms with Crippen molar-refractivity contribution in [1.82, 2.24) is 9.80 Å². The number of alkyl halides is 3. The fourth-order valence-corrected chi connectivity index (χ4v) is 3.95. The predicted octanol–water partition coefficient (Wildman–Crippen LogP) is 4.14. The Morgan fingerprint density at radius 2 is 1.64 bits per heavy atom. The van der Waals surface area contributed by atoms with Crippen LogP contribution in [-0.2, 0) is 15.8 Å². The molecule has 5 nitrogen and oxygen atoms in total. The Hall–Kier alpha value is -2.29. The molecule has 2 fully saturated rings. The standard InChI is InChI=1S/C19H19F3N2O3S/c20-19(21,22)14-7-5-13(6-8-14)11-15-17(26)24(18(27)28-15)12-16(25)23-9-3-1-2-4-10-23/h5-8,11H,1-4,9-10,12H2. The lowest BCUT2D eigenvalue weighted by atomic mass is 10.1. The number of carbonyl (C=O) groups excluding carboxylic acids is 3. The zero-order valence-corrected chi connectivity index (χ0v) is 15.8. The minimum Gasteiger partial charge on any atom is -0.341 e. The summed E-state index contributed by atoms with van der Waals surface area (Å²) >= 11 is 0.685. The number of hydrogen-bond acceptors (Lipinski definition) is 4. The largest absolute Gasteiger partial charge is 0.416 e. The molecule has 0 unspecified atom stereocenters. The van der Waals surface area contributed by atoms with Crippen molar-refractivity contribution < 1.29 is 27.6 Å². The number of imide groups is 1. The number of thioether (sulfide) groups is 1. The van der Waals surface area contributed by atoms with Crippen LogP contribution in [0.1, 0.15) is 36.8 Å². The van der Waals surface area contributed by atoms with E-state index in [1.54, 1.807) is 4.90 Å². The van der Waals surface area contributed by atoms with Gasteiger partial charge in [0.1, 0.15) is 6.54 Å². The molecule has 3 amide bonds. The summed E-state index contributed by atoms with van der Waals surface area (Å²) in [6.45, 7) is 0.932. The lowest BCUT2D eigenvalue weighted by Gasteiger charge is -2.22. The van der Waals surface area contributed by atoms with Crippen molar-refractivity contribution in [2.75, 3.05) is 19.6 Å². The zero-order valence-electron chi connectivity index (χ0n) is 15.0. The first-order valence-corrected chi connectivity index (χ1v) is 9.78. The van der Waals surface area contributed by atoms with Gasteiger partial charge < -0.3 is 4.90 Å². The second kappa shape index (κ2) is 8.38. The highest BCUT2D eigenvalue weighted by Gasteiger charge is 2.37. The van der Waals surface area contributed by atoms with Gasteiger partial charge in [-0.2, -0.15) is 13.2 Å². The summed E-state index contributed by atoms with van der Waals surface area (Å²) in [7, 11) is 0. The molecule has 3 rings (SSSR count). The van der Waals surface area contributed by atoms with Crippen LogP contribution in [0.3, 0.4) is 0 Å². The molecule has 150 valence electrons. The van der Waals surface area contributed by atoms with E-state index >= 15 is 0 Å². The summed E-state index contributed by atoms with van der Waals surface area (Å²) in [4.78, 5) is 39.8. The molecule has 0 spiro atoms. The van der Waals surface area contributed by atoms with Crippen LogP contribution in [0.5, 0.6) is 0 Å². The van der Waals surface area contributed by atoms with Crippen LogP contribution < -0.4 is 0 Å². The Bertz CT molecular complexity index is 798. The molecule has 0 aliphatic carbocycles. The maximum Gasteiger partial charge on any atom is 0.416 e. The molecule has 1 aromatic carbocycles. The number of likely N-dealkylation sites (tertiary alicyclic amines) is 1. The molecule has 2 heterocycles. The second-order valence-electron chi connectivity index (χ2n) is 6.68. The van der Waals surface area contributed by atoms with Gasteiger partial charge in [-0.3, -0.25) is 19.3 Å². The van der Waals surface area contributed by atoms with Gasteiger partial charge in [-0.05, 0) is 48.4 Å². The fourth-order valence-electron chi connectivity index (χ4n) is 3.11. The van der Waals surface area contributed by atoms with E-state index in [1.165, 1.54) is 18.2 Å². The Balaban J connectivity index is 1.69. The molecule has 9 heteroatoms. The zero-order chi connectivity index (χ0) is 20.3. The average Bonchev–Trinajstić information content (AvgIpc) is 2.86. The summed E-state index contributed by atoms with van der Waals surface area (Å²) < 4.78 is 37.9. The topological polar surface area (TPSA) is 57.7 Å². The quantitative estimate of drug-likeness (QED) is 0.700. The molecule has 2 aliphatic heterocycles. The summed E-state index contributed by atoms with van der Waals surface area (Å²) in [6, 6.07) is 4.30. The van der Waals surface area contributed by atoms with Crippen molar-refractivity contribution >= 4 is 34.9 Å². The first-order valence-electron chi connectivity index (χ1n) is 8.96. The first kappa shape index (κ1) is 20.4. The van der Waals surface area contributed by atoms with Crippen LogP contribution in [0.4, 0.5) is 18.0 Å². The van der Waals surface area contributed by atoms with Crippen molar-refractivity contribution in [3.63, 3.8) is 0 Å². The van der Waals surface area contributed by atoms with Gasteiger partial charge >= 0.3 is 6.18 Å². The Morgan fingerprint density at radius 1 is 1.04 bits per heavy atom. The van der Waals surface area contributed by atoms with E-state index in [1.807, 2.05) is 0 Å². The molecule has 1 aromatic rings. The molecule has 0 radical (unpaired) electrons. The fraction of sp³-hybridized carbons (Fsp3) is 0.421. The van der Waals surface area contributed by atoms with Crippen LogP contribution in [0.15, 0.2) is 29.2 Å². The van der Waals surface area contributed by atoms with Gasteiger partial charge in [0.15, 0.2) is 0 Å². The van der Waals surface area contributed by atoms with Crippen LogP contribution in [0.2, 0.25) is 0 Å². The lowest BCUT2D eigenvalue weighted by Crippen LogP contribution is -2.42. The molecular weight excluding hydrogens is 393 g/mol. The van der Waals surface area contributed by atoms with Crippen LogP contribution >= 0.6 is 11.8 Å². The van der Waals surface area contributed by atoms with E-state index < -0.39 is 22.9 Å². The molecule has 0 bridgehead atoms. The highest BCUT2D eigenvalue weighted by atomic mass is 32.2. The van der Waals surface area contributed by atoms with Gasteiger partial charge in [0.05, 0.1) is 10.5 Å². The van der Waals surface area contributed by atoms with Crippen LogP contribution in [0, 0.1) is 0 Å². The van der Waals surface area contributed by atoms with E-state index in [4.69, 9.17) is 0 Å². The molecule has 0 N–H and O–H groups in total. The Kier molecular flexibility index (Phi) is 6.12. The summed E-state index contributed by atoms with van der Waals surface area (Å²) in [5, 5.41) is -0.550. The Labute approximate surface area is 164 Å². The maximum atomic E-state index is 12.6. The molecule has 28 heavy (non-hydrogen) atoms. The maximum absolute atomic E-state index is 12.6. The summed E-state index contributed by atoms with van der Waals surface area (Å²) in [5.41, 5.74) is -0.418. The summed E-state index contributed by atoms with van der Waals surface area (Å²) in [5.74, 6) is -0.863. The van der Waals surface area contributed by atoms with E-state index in [-0.39, 0.29) is 17.4 Å². The number of amides is 3. The number of halogens is 3. The molecule has 2 saturated heterocycles. The number of nitrogens with zero attached hydrogens (tertiary/aromatic N) is 2. The van der Waals surface area contributed by atoms with Crippen molar-refractivity contribution in [2.24, 2.45) is 0 Å².